The summed E-state index contributed by atoms with van der Waals surface area (Å²) in [6.07, 6.45) is 0.392. The third-order valence-corrected chi connectivity index (χ3v) is 4.25. The number of Topliss-reactive ketones (excluding diaryl/α,β-unsaturated/α-hetero) is 1. The van der Waals surface area contributed by atoms with E-state index in [0.717, 1.165) is 31.4 Å². The van der Waals surface area contributed by atoms with Gasteiger partial charge in [0, 0.05) is 12.0 Å². The summed E-state index contributed by atoms with van der Waals surface area (Å²) in [6.45, 7) is 2.13. The first kappa shape index (κ1) is 15.1. The lowest BCUT2D eigenvalue weighted by molar-refractivity contribution is -0.137. The third-order valence-electron chi connectivity index (χ3n) is 4.25. The Morgan fingerprint density at radius 2 is 1.95 bits per heavy atom. The van der Waals surface area contributed by atoms with Crippen molar-refractivity contribution in [2.75, 3.05) is 0 Å². The molecule has 0 spiro atoms. The van der Waals surface area contributed by atoms with Crippen molar-refractivity contribution in [3.8, 4) is 0 Å². The molecular weight excluding hydrogens is 265 g/mol. The summed E-state index contributed by atoms with van der Waals surface area (Å²) >= 11 is 0. The second-order valence-corrected chi connectivity index (χ2v) is 5.73. The van der Waals surface area contributed by atoms with Gasteiger partial charge in [-0.2, -0.15) is 13.2 Å². The summed E-state index contributed by atoms with van der Waals surface area (Å²) in [7, 11) is 0. The zero-order chi connectivity index (χ0) is 14.8. The summed E-state index contributed by atoms with van der Waals surface area (Å²) in [6, 6.07) is 4.75. The van der Waals surface area contributed by atoms with E-state index in [1.807, 2.05) is 0 Å². The number of carbonyl (C=O) groups is 1. The Balaban J connectivity index is 2.09. The summed E-state index contributed by atoms with van der Waals surface area (Å²) in [5.41, 5.74) is -0.572. The Morgan fingerprint density at radius 1 is 1.25 bits per heavy atom. The van der Waals surface area contributed by atoms with Crippen LogP contribution < -0.4 is 0 Å². The Labute approximate surface area is 117 Å². The van der Waals surface area contributed by atoms with E-state index in [1.165, 1.54) is 18.6 Å². The molecule has 0 saturated heterocycles. The predicted octanol–water partition coefficient (Wildman–Crippen LogP) is 5.10. The van der Waals surface area contributed by atoms with Gasteiger partial charge in [0.15, 0.2) is 5.78 Å². The highest BCUT2D eigenvalue weighted by atomic mass is 19.4. The highest BCUT2D eigenvalue weighted by Crippen LogP contribution is 2.34. The Kier molecular flexibility index (Phi) is 4.51. The van der Waals surface area contributed by atoms with Crippen LogP contribution in [0.4, 0.5) is 13.2 Å². The zero-order valence-electron chi connectivity index (χ0n) is 11.5. The number of halogens is 3. The minimum atomic E-state index is -4.39. The van der Waals surface area contributed by atoms with Gasteiger partial charge in [0.25, 0.3) is 0 Å². The molecule has 20 heavy (non-hydrogen) atoms. The van der Waals surface area contributed by atoms with Gasteiger partial charge in [0.05, 0.1) is 5.56 Å². The first-order chi connectivity index (χ1) is 9.38. The molecule has 1 aliphatic carbocycles. The van der Waals surface area contributed by atoms with Crippen LogP contribution >= 0.6 is 0 Å². The van der Waals surface area contributed by atoms with Crippen molar-refractivity contribution in [3.05, 3.63) is 35.4 Å². The number of hydrogen-bond donors (Lipinski definition) is 0. The minimum absolute atomic E-state index is 0.171. The molecule has 0 aromatic heterocycles. The molecule has 0 heterocycles. The van der Waals surface area contributed by atoms with Crippen LogP contribution in [0.2, 0.25) is 0 Å². The fourth-order valence-electron chi connectivity index (χ4n) is 2.92. The van der Waals surface area contributed by atoms with Crippen LogP contribution in [0.1, 0.15) is 54.9 Å². The quantitative estimate of drug-likeness (QED) is 0.705. The van der Waals surface area contributed by atoms with Crippen LogP contribution in [0.15, 0.2) is 24.3 Å². The standard InChI is InChI=1S/C16H19F3O/c1-11-5-2-3-6-12(11)10-15(20)13-7-4-8-14(9-13)16(17,18)19/h4,7-9,11-12H,2-3,5-6,10H2,1H3. The lowest BCUT2D eigenvalue weighted by Gasteiger charge is -2.28. The number of benzene rings is 1. The monoisotopic (exact) mass is 284 g/mol. The van der Waals surface area contributed by atoms with Gasteiger partial charge in [-0.25, -0.2) is 0 Å². The Morgan fingerprint density at radius 3 is 2.60 bits per heavy atom. The summed E-state index contributed by atoms with van der Waals surface area (Å²) < 4.78 is 37.9. The van der Waals surface area contributed by atoms with E-state index < -0.39 is 11.7 Å². The van der Waals surface area contributed by atoms with E-state index in [1.54, 1.807) is 0 Å². The van der Waals surface area contributed by atoms with Crippen LogP contribution in [0.5, 0.6) is 0 Å². The molecule has 0 N–H and O–H groups in total. The van der Waals surface area contributed by atoms with E-state index >= 15 is 0 Å². The molecule has 1 aliphatic rings. The second-order valence-electron chi connectivity index (χ2n) is 5.73. The maximum absolute atomic E-state index is 12.6. The molecule has 0 radical (unpaired) electrons. The maximum Gasteiger partial charge on any atom is 0.416 e. The largest absolute Gasteiger partial charge is 0.416 e. The van der Waals surface area contributed by atoms with E-state index in [-0.39, 0.29) is 11.3 Å². The molecule has 0 aliphatic heterocycles. The van der Waals surface area contributed by atoms with Crippen molar-refractivity contribution in [2.45, 2.75) is 45.2 Å². The normalized spacial score (nSPS) is 23.6. The molecule has 0 amide bonds. The first-order valence-electron chi connectivity index (χ1n) is 7.08. The Hall–Kier alpha value is -1.32. The molecule has 1 saturated carbocycles. The van der Waals surface area contributed by atoms with Gasteiger partial charge < -0.3 is 0 Å². The van der Waals surface area contributed by atoms with Gasteiger partial charge in [-0.15, -0.1) is 0 Å². The number of rotatable bonds is 3. The van der Waals surface area contributed by atoms with Crippen molar-refractivity contribution in [1.82, 2.24) is 0 Å². The van der Waals surface area contributed by atoms with Crippen molar-refractivity contribution in [2.24, 2.45) is 11.8 Å². The van der Waals surface area contributed by atoms with E-state index in [4.69, 9.17) is 0 Å². The molecule has 1 aromatic carbocycles. The van der Waals surface area contributed by atoms with E-state index in [2.05, 4.69) is 6.92 Å². The lowest BCUT2D eigenvalue weighted by Crippen LogP contribution is -2.20. The minimum Gasteiger partial charge on any atom is -0.294 e. The van der Waals surface area contributed by atoms with Crippen LogP contribution in [0.25, 0.3) is 0 Å². The van der Waals surface area contributed by atoms with Crippen molar-refractivity contribution in [3.63, 3.8) is 0 Å². The fourth-order valence-corrected chi connectivity index (χ4v) is 2.92. The van der Waals surface area contributed by atoms with Gasteiger partial charge >= 0.3 is 6.18 Å². The molecule has 2 atom stereocenters. The molecular formula is C16H19F3O. The second kappa shape index (κ2) is 5.98. The van der Waals surface area contributed by atoms with Crippen LogP contribution in [0.3, 0.4) is 0 Å². The van der Waals surface area contributed by atoms with Crippen LogP contribution in [-0.2, 0) is 6.18 Å². The highest BCUT2D eigenvalue weighted by Gasteiger charge is 2.31. The van der Waals surface area contributed by atoms with E-state index in [9.17, 15) is 18.0 Å². The number of hydrogen-bond acceptors (Lipinski definition) is 1. The van der Waals surface area contributed by atoms with Crippen molar-refractivity contribution < 1.29 is 18.0 Å². The van der Waals surface area contributed by atoms with Crippen molar-refractivity contribution in [1.29, 1.82) is 0 Å². The average Bonchev–Trinajstić information content (AvgIpc) is 2.40. The topological polar surface area (TPSA) is 17.1 Å². The summed E-state index contributed by atoms with van der Waals surface area (Å²) in [4.78, 5) is 12.2. The summed E-state index contributed by atoms with van der Waals surface area (Å²) in [5.74, 6) is 0.624. The van der Waals surface area contributed by atoms with E-state index in [0.29, 0.717) is 18.3 Å². The summed E-state index contributed by atoms with van der Waals surface area (Å²) in [5, 5.41) is 0. The maximum atomic E-state index is 12.6. The Bertz CT molecular complexity index is 479. The zero-order valence-corrected chi connectivity index (χ0v) is 11.5. The first-order valence-corrected chi connectivity index (χ1v) is 7.08. The highest BCUT2D eigenvalue weighted by molar-refractivity contribution is 5.96. The van der Waals surface area contributed by atoms with Gasteiger partial charge in [0.2, 0.25) is 0 Å². The fraction of sp³-hybridized carbons (Fsp3) is 0.562. The molecule has 1 fully saturated rings. The van der Waals surface area contributed by atoms with Gasteiger partial charge in [0.1, 0.15) is 0 Å². The number of ketones is 1. The van der Waals surface area contributed by atoms with Crippen molar-refractivity contribution >= 4 is 5.78 Å². The average molecular weight is 284 g/mol. The lowest BCUT2D eigenvalue weighted by atomic mass is 9.77. The molecule has 2 unspecified atom stereocenters. The molecule has 2 rings (SSSR count). The van der Waals surface area contributed by atoms with Crippen LogP contribution in [0, 0.1) is 11.8 Å². The van der Waals surface area contributed by atoms with Gasteiger partial charge in [-0.3, -0.25) is 4.79 Å². The smallest absolute Gasteiger partial charge is 0.294 e. The molecule has 1 aromatic rings. The third kappa shape index (κ3) is 3.62. The molecule has 1 nitrogen and oxygen atoms in total. The number of carbonyl (C=O) groups excluding carboxylic acids is 1. The van der Waals surface area contributed by atoms with Gasteiger partial charge in [-0.1, -0.05) is 38.3 Å². The predicted molar refractivity (Wildman–Crippen MR) is 71.5 cm³/mol. The van der Waals surface area contributed by atoms with Gasteiger partial charge in [-0.05, 0) is 30.4 Å². The SMILES string of the molecule is CC1CCCCC1CC(=O)c1cccc(C(F)(F)F)c1. The molecule has 4 heteroatoms. The number of alkyl halides is 3. The molecule has 0 bridgehead atoms. The van der Waals surface area contributed by atoms with Crippen LogP contribution in [-0.4, -0.2) is 5.78 Å². The molecule has 110 valence electrons.